The fourth-order valence-corrected chi connectivity index (χ4v) is 3.08. The van der Waals surface area contributed by atoms with E-state index in [0.717, 1.165) is 4.88 Å². The summed E-state index contributed by atoms with van der Waals surface area (Å²) in [5.74, 6) is 0. The van der Waals surface area contributed by atoms with Gasteiger partial charge in [0.1, 0.15) is 0 Å². The van der Waals surface area contributed by atoms with Crippen molar-refractivity contribution in [3.05, 3.63) is 22.4 Å². The van der Waals surface area contributed by atoms with Gasteiger partial charge in [-0.05, 0) is 11.4 Å². The molecule has 1 aromatic rings. The highest BCUT2D eigenvalue weighted by Crippen LogP contribution is 2.25. The molecule has 0 bridgehead atoms. The molecule has 0 unspecified atom stereocenters. The number of carbonyl (C=O) groups excluding carboxylic acids is 1. The third-order valence-corrected chi connectivity index (χ3v) is 4.18. The maximum absolute atomic E-state index is 12.8. The van der Waals surface area contributed by atoms with Crippen molar-refractivity contribution in [1.29, 1.82) is 0 Å². The van der Waals surface area contributed by atoms with Crippen LogP contribution in [-0.2, 0) is 15.9 Å². The first-order valence-corrected chi connectivity index (χ1v) is 7.61. The highest BCUT2D eigenvalue weighted by molar-refractivity contribution is 7.09. The van der Waals surface area contributed by atoms with Crippen molar-refractivity contribution in [3.63, 3.8) is 0 Å². The Labute approximate surface area is 141 Å². The van der Waals surface area contributed by atoms with Gasteiger partial charge in [-0.1, -0.05) is 6.07 Å². The number of hydrogen-bond donors (Lipinski definition) is 1. The Morgan fingerprint density at radius 3 is 2.87 bits per heavy atom. The van der Waals surface area contributed by atoms with E-state index in [1.54, 1.807) is 16.2 Å². The Kier molecular flexibility index (Phi) is 7.59. The van der Waals surface area contributed by atoms with E-state index in [4.69, 9.17) is 10.5 Å². The molecule has 1 aliphatic heterocycles. The molecule has 132 valence electrons. The lowest BCUT2D eigenvalue weighted by Gasteiger charge is -2.35. The lowest BCUT2D eigenvalue weighted by molar-refractivity contribution is -0.210. The molecular weight excluding hydrogens is 357 g/mol. The Balaban J connectivity index is 0.00000264. The first-order valence-electron chi connectivity index (χ1n) is 6.73. The lowest BCUT2D eigenvalue weighted by atomic mass is 10.1. The molecule has 5 nitrogen and oxygen atoms in total. The molecule has 0 saturated carbocycles. The number of hydrogen-bond acceptors (Lipinski definition) is 5. The van der Waals surface area contributed by atoms with Gasteiger partial charge >= 0.3 is 12.3 Å². The summed E-state index contributed by atoms with van der Waals surface area (Å²) in [5.41, 5.74) is 4.71. The van der Waals surface area contributed by atoms with E-state index in [-0.39, 0.29) is 18.5 Å². The minimum Gasteiger partial charge on any atom is -0.435 e. The standard InChI is InChI=1S/C13H17F3N2O3S.ClH/c14-13(15,16)11(21-12(17)19)8-18-3-4-20-9(7-18)6-10-2-1-5-22-10;/h1-2,5,9,11H,3-4,6-8H2,(H2,17,19);1H/t9-,11+;/m1./s1. The minimum atomic E-state index is -4.64. The van der Waals surface area contributed by atoms with Crippen molar-refractivity contribution in [2.75, 3.05) is 26.2 Å². The molecule has 1 aliphatic rings. The van der Waals surface area contributed by atoms with E-state index in [2.05, 4.69) is 4.74 Å². The Hall–Kier alpha value is -1.03. The number of nitrogens with zero attached hydrogens (tertiary/aromatic N) is 1. The second kappa shape index (κ2) is 8.72. The molecule has 2 heterocycles. The molecule has 0 aromatic carbocycles. The number of carbonyl (C=O) groups is 1. The van der Waals surface area contributed by atoms with Gasteiger partial charge in [0.05, 0.1) is 12.7 Å². The van der Waals surface area contributed by atoms with Crippen molar-refractivity contribution in [2.45, 2.75) is 24.8 Å². The van der Waals surface area contributed by atoms with E-state index in [1.165, 1.54) is 0 Å². The summed E-state index contributed by atoms with van der Waals surface area (Å²) >= 11 is 1.58. The number of alkyl halides is 3. The molecule has 0 spiro atoms. The molecule has 2 rings (SSSR count). The molecular formula is C13H18ClF3N2O3S. The summed E-state index contributed by atoms with van der Waals surface area (Å²) in [6.45, 7) is 0.621. The fraction of sp³-hybridized carbons (Fsp3) is 0.615. The molecule has 2 atom stereocenters. The van der Waals surface area contributed by atoms with Gasteiger partial charge in [0.25, 0.3) is 0 Å². The summed E-state index contributed by atoms with van der Waals surface area (Å²) < 4.78 is 48.3. The number of amides is 1. The van der Waals surface area contributed by atoms with Crippen LogP contribution in [0.2, 0.25) is 0 Å². The fourth-order valence-electron chi connectivity index (χ4n) is 2.31. The van der Waals surface area contributed by atoms with Crippen molar-refractivity contribution in [3.8, 4) is 0 Å². The van der Waals surface area contributed by atoms with Gasteiger partial charge in [0, 0.05) is 30.9 Å². The zero-order chi connectivity index (χ0) is 16.2. The van der Waals surface area contributed by atoms with Crippen LogP contribution in [0.3, 0.4) is 0 Å². The SMILES string of the molecule is Cl.NC(=O)O[C@@H](CN1CCO[C@H](Cc2cccs2)C1)C(F)(F)F. The molecule has 2 N–H and O–H groups in total. The normalized spacial score (nSPS) is 20.6. The van der Waals surface area contributed by atoms with Crippen LogP contribution in [0.1, 0.15) is 4.88 Å². The first kappa shape index (κ1) is 20.0. The minimum absolute atomic E-state index is 0. The first-order chi connectivity index (χ1) is 10.3. The van der Waals surface area contributed by atoms with Gasteiger partial charge in [-0.2, -0.15) is 13.2 Å². The van der Waals surface area contributed by atoms with Crippen molar-refractivity contribution < 1.29 is 27.4 Å². The van der Waals surface area contributed by atoms with E-state index < -0.39 is 24.9 Å². The number of primary amides is 1. The van der Waals surface area contributed by atoms with Crippen LogP contribution >= 0.6 is 23.7 Å². The number of nitrogens with two attached hydrogens (primary N) is 1. The van der Waals surface area contributed by atoms with E-state index in [9.17, 15) is 18.0 Å². The average molecular weight is 375 g/mol. The summed E-state index contributed by atoms with van der Waals surface area (Å²) in [7, 11) is 0. The third kappa shape index (κ3) is 6.54. The molecule has 23 heavy (non-hydrogen) atoms. The molecule has 1 fully saturated rings. The molecule has 1 saturated heterocycles. The highest BCUT2D eigenvalue weighted by Gasteiger charge is 2.44. The van der Waals surface area contributed by atoms with Crippen LogP contribution in [0.4, 0.5) is 18.0 Å². The predicted molar refractivity (Wildman–Crippen MR) is 82.0 cm³/mol. The van der Waals surface area contributed by atoms with Crippen LogP contribution in [0.5, 0.6) is 0 Å². The summed E-state index contributed by atoms with van der Waals surface area (Å²) in [6, 6.07) is 3.88. The summed E-state index contributed by atoms with van der Waals surface area (Å²) in [4.78, 5) is 13.3. The van der Waals surface area contributed by atoms with Crippen LogP contribution in [-0.4, -0.2) is 55.6 Å². The Bertz CT molecular complexity index is 487. The zero-order valence-electron chi connectivity index (χ0n) is 12.1. The topological polar surface area (TPSA) is 64.8 Å². The Morgan fingerprint density at radius 2 is 2.30 bits per heavy atom. The van der Waals surface area contributed by atoms with Gasteiger partial charge in [-0.15, -0.1) is 23.7 Å². The van der Waals surface area contributed by atoms with Crippen LogP contribution in [0, 0.1) is 0 Å². The largest absolute Gasteiger partial charge is 0.435 e. The molecule has 1 amide bonds. The second-order valence-electron chi connectivity index (χ2n) is 5.00. The maximum atomic E-state index is 12.8. The van der Waals surface area contributed by atoms with Crippen molar-refractivity contribution in [1.82, 2.24) is 4.90 Å². The molecule has 1 aromatic heterocycles. The van der Waals surface area contributed by atoms with E-state index >= 15 is 0 Å². The van der Waals surface area contributed by atoms with Gasteiger partial charge in [0.15, 0.2) is 0 Å². The Morgan fingerprint density at radius 1 is 1.57 bits per heavy atom. The number of ether oxygens (including phenoxy) is 2. The lowest BCUT2D eigenvalue weighted by Crippen LogP contribution is -2.50. The van der Waals surface area contributed by atoms with Gasteiger partial charge in [-0.25, -0.2) is 4.79 Å². The van der Waals surface area contributed by atoms with Crippen LogP contribution < -0.4 is 5.73 Å². The number of rotatable bonds is 5. The van der Waals surface area contributed by atoms with Crippen molar-refractivity contribution >= 4 is 29.8 Å². The highest BCUT2D eigenvalue weighted by atomic mass is 35.5. The smallest absolute Gasteiger partial charge is 0.426 e. The van der Waals surface area contributed by atoms with Crippen LogP contribution in [0.15, 0.2) is 17.5 Å². The molecule has 0 aliphatic carbocycles. The van der Waals surface area contributed by atoms with E-state index in [1.807, 2.05) is 17.5 Å². The quantitative estimate of drug-likeness (QED) is 0.859. The van der Waals surface area contributed by atoms with Gasteiger partial charge in [-0.3, -0.25) is 4.90 Å². The monoisotopic (exact) mass is 374 g/mol. The van der Waals surface area contributed by atoms with E-state index in [0.29, 0.717) is 26.1 Å². The third-order valence-electron chi connectivity index (χ3n) is 3.28. The zero-order valence-corrected chi connectivity index (χ0v) is 13.8. The van der Waals surface area contributed by atoms with Crippen LogP contribution in [0.25, 0.3) is 0 Å². The average Bonchev–Trinajstić information content (AvgIpc) is 2.90. The predicted octanol–water partition coefficient (Wildman–Crippen LogP) is 2.44. The molecule has 10 heteroatoms. The maximum Gasteiger partial charge on any atom is 0.426 e. The molecule has 0 radical (unpaired) electrons. The van der Waals surface area contributed by atoms with Crippen molar-refractivity contribution in [2.24, 2.45) is 5.73 Å². The second-order valence-corrected chi connectivity index (χ2v) is 6.04. The number of thiophene rings is 1. The van der Waals surface area contributed by atoms with Gasteiger partial charge in [0.2, 0.25) is 6.10 Å². The van der Waals surface area contributed by atoms with Gasteiger partial charge < -0.3 is 15.2 Å². The summed E-state index contributed by atoms with van der Waals surface area (Å²) in [5, 5.41) is 1.94. The summed E-state index contributed by atoms with van der Waals surface area (Å²) in [6.07, 6.45) is -7.80. The number of morpholine rings is 1. The number of halogens is 4.